The van der Waals surface area contributed by atoms with E-state index < -0.39 is 11.7 Å². The van der Waals surface area contributed by atoms with E-state index in [9.17, 15) is 22.8 Å². The second-order valence-electron chi connectivity index (χ2n) is 12.0. The summed E-state index contributed by atoms with van der Waals surface area (Å²) in [5.74, 6) is 0.404. The van der Waals surface area contributed by atoms with Crippen LogP contribution < -0.4 is 10.6 Å². The van der Waals surface area contributed by atoms with Crippen molar-refractivity contribution in [2.24, 2.45) is 5.92 Å². The molecule has 234 valence electrons. The van der Waals surface area contributed by atoms with Crippen LogP contribution >= 0.6 is 0 Å². The molecule has 45 heavy (non-hydrogen) atoms. The SMILES string of the molecule is CC(C)CNC(=O)C(c1ccccc1)N1CCC(c2ccc(NC(=O)c3ccccc3-c3ccc(C(F)(F)F)cc3)cc2)CC1. The minimum Gasteiger partial charge on any atom is -0.354 e. The molecule has 0 aromatic heterocycles. The van der Waals surface area contributed by atoms with Crippen LogP contribution in [0.5, 0.6) is 0 Å². The summed E-state index contributed by atoms with van der Waals surface area (Å²) in [5.41, 5.74) is 3.53. The fourth-order valence-corrected chi connectivity index (χ4v) is 5.86. The first-order valence-corrected chi connectivity index (χ1v) is 15.3. The molecule has 0 saturated carbocycles. The van der Waals surface area contributed by atoms with Crippen molar-refractivity contribution < 1.29 is 22.8 Å². The molecule has 0 bridgehead atoms. The Morgan fingerprint density at radius 3 is 2.07 bits per heavy atom. The zero-order valence-corrected chi connectivity index (χ0v) is 25.5. The summed E-state index contributed by atoms with van der Waals surface area (Å²) in [6, 6.07) is 29.1. The number of hydrogen-bond acceptors (Lipinski definition) is 3. The molecule has 1 aliphatic rings. The molecule has 1 saturated heterocycles. The largest absolute Gasteiger partial charge is 0.416 e. The summed E-state index contributed by atoms with van der Waals surface area (Å²) in [4.78, 5) is 28.8. The van der Waals surface area contributed by atoms with E-state index in [-0.39, 0.29) is 17.9 Å². The number of benzene rings is 4. The number of rotatable bonds is 9. The lowest BCUT2D eigenvalue weighted by atomic mass is 9.88. The molecular formula is C37H38F3N3O2. The molecule has 1 aliphatic heterocycles. The normalized spacial score (nSPS) is 15.1. The second-order valence-corrected chi connectivity index (χ2v) is 12.0. The van der Waals surface area contributed by atoms with Crippen molar-refractivity contribution in [1.82, 2.24) is 10.2 Å². The van der Waals surface area contributed by atoms with Crippen molar-refractivity contribution in [2.75, 3.05) is 25.0 Å². The lowest BCUT2D eigenvalue weighted by Gasteiger charge is -2.37. The quantitative estimate of drug-likeness (QED) is 0.200. The number of hydrogen-bond donors (Lipinski definition) is 2. The molecule has 5 nitrogen and oxygen atoms in total. The van der Waals surface area contributed by atoms with Gasteiger partial charge in [0.25, 0.3) is 5.91 Å². The fourth-order valence-electron chi connectivity index (χ4n) is 5.86. The highest BCUT2D eigenvalue weighted by molar-refractivity contribution is 6.08. The molecule has 0 aliphatic carbocycles. The number of carbonyl (C=O) groups is 2. The highest BCUT2D eigenvalue weighted by atomic mass is 19.4. The van der Waals surface area contributed by atoms with Gasteiger partial charge in [0.15, 0.2) is 0 Å². The number of nitrogens with zero attached hydrogens (tertiary/aromatic N) is 1. The minimum atomic E-state index is -4.42. The monoisotopic (exact) mass is 613 g/mol. The third-order valence-electron chi connectivity index (χ3n) is 8.28. The van der Waals surface area contributed by atoms with Gasteiger partial charge in [0.2, 0.25) is 5.91 Å². The van der Waals surface area contributed by atoms with Gasteiger partial charge in [-0.15, -0.1) is 0 Å². The van der Waals surface area contributed by atoms with Crippen LogP contribution in [-0.2, 0) is 11.0 Å². The van der Waals surface area contributed by atoms with E-state index in [4.69, 9.17) is 0 Å². The van der Waals surface area contributed by atoms with Gasteiger partial charge < -0.3 is 10.6 Å². The molecule has 0 spiro atoms. The summed E-state index contributed by atoms with van der Waals surface area (Å²) in [6.07, 6.45) is -2.60. The van der Waals surface area contributed by atoms with Crippen LogP contribution in [0.25, 0.3) is 11.1 Å². The highest BCUT2D eigenvalue weighted by Crippen LogP contribution is 2.34. The summed E-state index contributed by atoms with van der Waals surface area (Å²) in [5, 5.41) is 6.05. The van der Waals surface area contributed by atoms with Gasteiger partial charge in [0.05, 0.1) is 5.56 Å². The van der Waals surface area contributed by atoms with Crippen LogP contribution in [0, 0.1) is 5.92 Å². The lowest BCUT2D eigenvalue weighted by molar-refractivity contribution is -0.137. The molecule has 1 fully saturated rings. The van der Waals surface area contributed by atoms with Crippen molar-refractivity contribution in [1.29, 1.82) is 0 Å². The highest BCUT2D eigenvalue weighted by Gasteiger charge is 2.32. The number of amides is 2. The van der Waals surface area contributed by atoms with E-state index in [1.54, 1.807) is 24.3 Å². The van der Waals surface area contributed by atoms with Crippen LogP contribution in [-0.4, -0.2) is 36.3 Å². The fraction of sp³-hybridized carbons (Fsp3) is 0.297. The average Bonchev–Trinajstić information content (AvgIpc) is 3.05. The zero-order valence-electron chi connectivity index (χ0n) is 25.5. The van der Waals surface area contributed by atoms with Gasteiger partial charge in [0.1, 0.15) is 6.04 Å². The smallest absolute Gasteiger partial charge is 0.354 e. The molecule has 1 atom stereocenters. The van der Waals surface area contributed by atoms with Crippen molar-refractivity contribution in [3.8, 4) is 11.1 Å². The number of nitrogens with one attached hydrogen (secondary N) is 2. The van der Waals surface area contributed by atoms with E-state index >= 15 is 0 Å². The van der Waals surface area contributed by atoms with E-state index in [1.807, 2.05) is 54.6 Å². The summed E-state index contributed by atoms with van der Waals surface area (Å²) in [7, 11) is 0. The average molecular weight is 614 g/mol. The molecular weight excluding hydrogens is 575 g/mol. The third kappa shape index (κ3) is 8.00. The summed E-state index contributed by atoms with van der Waals surface area (Å²) in [6.45, 7) is 6.39. The Labute approximate surface area is 262 Å². The summed E-state index contributed by atoms with van der Waals surface area (Å²) < 4.78 is 39.1. The first-order valence-electron chi connectivity index (χ1n) is 15.3. The zero-order chi connectivity index (χ0) is 32.0. The number of alkyl halides is 3. The Hall–Kier alpha value is -4.43. The van der Waals surface area contributed by atoms with Crippen LogP contribution in [0.3, 0.4) is 0 Å². The van der Waals surface area contributed by atoms with E-state index in [0.29, 0.717) is 40.8 Å². The maximum absolute atomic E-state index is 13.2. The van der Waals surface area contributed by atoms with Crippen LogP contribution in [0.4, 0.5) is 18.9 Å². The second kappa shape index (κ2) is 14.1. The molecule has 8 heteroatoms. The predicted octanol–water partition coefficient (Wildman–Crippen LogP) is 8.32. The molecule has 1 unspecified atom stereocenters. The Bertz CT molecular complexity index is 1580. The van der Waals surface area contributed by atoms with Gasteiger partial charge in [-0.3, -0.25) is 14.5 Å². The van der Waals surface area contributed by atoms with Gasteiger partial charge in [-0.1, -0.05) is 86.6 Å². The molecule has 5 rings (SSSR count). The first kappa shape index (κ1) is 32.0. The van der Waals surface area contributed by atoms with Gasteiger partial charge in [-0.05, 0) is 90.4 Å². The maximum Gasteiger partial charge on any atom is 0.416 e. The van der Waals surface area contributed by atoms with Crippen molar-refractivity contribution in [2.45, 2.75) is 44.8 Å². The maximum atomic E-state index is 13.2. The molecule has 0 radical (unpaired) electrons. The first-order chi connectivity index (χ1) is 21.6. The molecule has 2 N–H and O–H groups in total. The minimum absolute atomic E-state index is 0.0355. The van der Waals surface area contributed by atoms with E-state index in [0.717, 1.165) is 43.6 Å². The standard InChI is InChI=1S/C37H38F3N3O2/c1-25(2)24-41-36(45)34(29-8-4-3-5-9-29)43-22-20-27(21-23-43)26-14-18-31(19-15-26)42-35(44)33-11-7-6-10-32(33)28-12-16-30(17-13-28)37(38,39)40/h3-19,25,27,34H,20-24H2,1-2H3,(H,41,45)(H,42,44). The number of likely N-dealkylation sites (tertiary alicyclic amines) is 1. The topological polar surface area (TPSA) is 61.4 Å². The number of anilines is 1. The summed E-state index contributed by atoms with van der Waals surface area (Å²) >= 11 is 0. The Morgan fingerprint density at radius 1 is 0.822 bits per heavy atom. The van der Waals surface area contributed by atoms with Crippen molar-refractivity contribution >= 4 is 17.5 Å². The number of halogens is 3. The van der Waals surface area contributed by atoms with Crippen molar-refractivity contribution in [3.63, 3.8) is 0 Å². The van der Waals surface area contributed by atoms with E-state index in [2.05, 4.69) is 29.4 Å². The van der Waals surface area contributed by atoms with Gasteiger partial charge in [0, 0.05) is 17.8 Å². The van der Waals surface area contributed by atoms with Crippen molar-refractivity contribution in [3.05, 3.63) is 125 Å². The molecule has 2 amide bonds. The van der Waals surface area contributed by atoms with Gasteiger partial charge in [-0.25, -0.2) is 0 Å². The Morgan fingerprint density at radius 2 is 1.44 bits per heavy atom. The van der Waals surface area contributed by atoms with Crippen LogP contribution in [0.1, 0.15) is 65.7 Å². The Kier molecular flexibility index (Phi) is 10.0. The number of piperidine rings is 1. The third-order valence-corrected chi connectivity index (χ3v) is 8.28. The van der Waals surface area contributed by atoms with Crippen LogP contribution in [0.2, 0.25) is 0 Å². The molecule has 4 aromatic carbocycles. The predicted molar refractivity (Wildman–Crippen MR) is 172 cm³/mol. The molecule has 4 aromatic rings. The van der Waals surface area contributed by atoms with Crippen LogP contribution in [0.15, 0.2) is 103 Å². The van der Waals surface area contributed by atoms with Gasteiger partial charge in [-0.2, -0.15) is 13.2 Å². The van der Waals surface area contributed by atoms with Gasteiger partial charge >= 0.3 is 6.18 Å². The van der Waals surface area contributed by atoms with E-state index in [1.165, 1.54) is 17.7 Å². The number of carbonyl (C=O) groups excluding carboxylic acids is 2. The lowest BCUT2D eigenvalue weighted by Crippen LogP contribution is -2.44. The molecule has 1 heterocycles. The Balaban J connectivity index is 1.22.